The van der Waals surface area contributed by atoms with Gasteiger partial charge in [0, 0.05) is 5.41 Å². The highest BCUT2D eigenvalue weighted by atomic mass is 16.5. The van der Waals surface area contributed by atoms with Gasteiger partial charge in [-0.15, -0.1) is 0 Å². The Kier molecular flexibility index (Phi) is 3.74. The molecular formula is C16H22O2. The lowest BCUT2D eigenvalue weighted by Crippen LogP contribution is -2.44. The summed E-state index contributed by atoms with van der Waals surface area (Å²) in [5, 5.41) is 0. The van der Waals surface area contributed by atoms with Gasteiger partial charge in [0.05, 0.1) is 13.0 Å². The fourth-order valence-corrected chi connectivity index (χ4v) is 3.50. The highest BCUT2D eigenvalue weighted by molar-refractivity contribution is 5.75. The molecular weight excluding hydrogens is 224 g/mol. The summed E-state index contributed by atoms with van der Waals surface area (Å²) in [6, 6.07) is 10.4. The summed E-state index contributed by atoms with van der Waals surface area (Å²) in [6.07, 6.45) is 3.35. The first-order chi connectivity index (χ1) is 8.59. The molecule has 18 heavy (non-hydrogen) atoms. The number of esters is 1. The normalized spacial score (nSPS) is 31.9. The second-order valence-corrected chi connectivity index (χ2v) is 5.65. The van der Waals surface area contributed by atoms with Crippen LogP contribution in [0.2, 0.25) is 0 Å². The van der Waals surface area contributed by atoms with Gasteiger partial charge >= 0.3 is 5.97 Å². The molecule has 0 saturated heterocycles. The molecule has 1 saturated carbocycles. The van der Waals surface area contributed by atoms with Crippen molar-refractivity contribution in [2.45, 2.75) is 38.5 Å². The van der Waals surface area contributed by atoms with Crippen LogP contribution >= 0.6 is 0 Å². The standard InChI is InChI=1S/C16H22O2/c1-12-8-7-11-16(2,14(12)15(17)18-3)13-9-5-4-6-10-13/h4-6,9-10,12,14H,7-8,11H2,1-3H3/t12-,14-,16+/m0/s1. The molecule has 98 valence electrons. The monoisotopic (exact) mass is 246 g/mol. The van der Waals surface area contributed by atoms with E-state index >= 15 is 0 Å². The average molecular weight is 246 g/mol. The van der Waals surface area contributed by atoms with Gasteiger partial charge in [-0.25, -0.2) is 0 Å². The Morgan fingerprint density at radius 3 is 2.61 bits per heavy atom. The minimum atomic E-state index is -0.0912. The van der Waals surface area contributed by atoms with Gasteiger partial charge in [-0.2, -0.15) is 0 Å². The number of hydrogen-bond acceptors (Lipinski definition) is 2. The molecule has 2 nitrogen and oxygen atoms in total. The van der Waals surface area contributed by atoms with E-state index in [1.54, 1.807) is 0 Å². The zero-order chi connectivity index (χ0) is 13.2. The minimum absolute atomic E-state index is 0.0290. The third kappa shape index (κ3) is 2.16. The summed E-state index contributed by atoms with van der Waals surface area (Å²) in [5.41, 5.74) is 1.17. The molecule has 2 rings (SSSR count). The molecule has 0 radical (unpaired) electrons. The van der Waals surface area contributed by atoms with Crippen LogP contribution in [0, 0.1) is 11.8 Å². The number of methoxy groups -OCH3 is 1. The number of ether oxygens (including phenoxy) is 1. The van der Waals surface area contributed by atoms with Gasteiger partial charge in [0.1, 0.15) is 0 Å². The predicted octanol–water partition coefficient (Wildman–Crippen LogP) is 3.55. The van der Waals surface area contributed by atoms with Crippen molar-refractivity contribution < 1.29 is 9.53 Å². The van der Waals surface area contributed by atoms with Crippen LogP contribution in [-0.4, -0.2) is 13.1 Å². The van der Waals surface area contributed by atoms with Crippen LogP contribution in [-0.2, 0) is 14.9 Å². The predicted molar refractivity (Wildman–Crippen MR) is 72.3 cm³/mol. The SMILES string of the molecule is COC(=O)[C@@H]1[C@@H](C)CCC[C@]1(C)c1ccccc1. The van der Waals surface area contributed by atoms with Crippen molar-refractivity contribution >= 4 is 5.97 Å². The van der Waals surface area contributed by atoms with Gasteiger partial charge in [-0.3, -0.25) is 4.79 Å². The number of rotatable bonds is 2. The van der Waals surface area contributed by atoms with E-state index < -0.39 is 0 Å². The first kappa shape index (κ1) is 13.1. The van der Waals surface area contributed by atoms with E-state index in [4.69, 9.17) is 4.74 Å². The van der Waals surface area contributed by atoms with Gasteiger partial charge < -0.3 is 4.74 Å². The Labute approximate surface area is 109 Å². The summed E-state index contributed by atoms with van der Waals surface area (Å²) in [5.74, 6) is 0.295. The summed E-state index contributed by atoms with van der Waals surface area (Å²) < 4.78 is 5.04. The molecule has 1 aromatic carbocycles. The van der Waals surface area contributed by atoms with E-state index in [-0.39, 0.29) is 17.3 Å². The van der Waals surface area contributed by atoms with Crippen molar-refractivity contribution in [2.24, 2.45) is 11.8 Å². The molecule has 0 heterocycles. The lowest BCUT2D eigenvalue weighted by atomic mass is 9.60. The maximum absolute atomic E-state index is 12.1. The molecule has 0 aliphatic heterocycles. The smallest absolute Gasteiger partial charge is 0.309 e. The van der Waals surface area contributed by atoms with Crippen molar-refractivity contribution in [3.8, 4) is 0 Å². The number of carbonyl (C=O) groups excluding carboxylic acids is 1. The molecule has 0 aromatic heterocycles. The maximum Gasteiger partial charge on any atom is 0.309 e. The molecule has 2 heteroatoms. The molecule has 0 bridgehead atoms. The Hall–Kier alpha value is -1.31. The molecule has 0 amide bonds. The molecule has 3 atom stereocenters. The van der Waals surface area contributed by atoms with Crippen molar-refractivity contribution in [3.63, 3.8) is 0 Å². The highest BCUT2D eigenvalue weighted by Gasteiger charge is 2.46. The lowest BCUT2D eigenvalue weighted by molar-refractivity contribution is -0.151. The zero-order valence-corrected chi connectivity index (χ0v) is 11.5. The van der Waals surface area contributed by atoms with E-state index in [2.05, 4.69) is 26.0 Å². The summed E-state index contributed by atoms with van der Waals surface area (Å²) in [4.78, 5) is 12.1. The van der Waals surface area contributed by atoms with Crippen molar-refractivity contribution in [3.05, 3.63) is 35.9 Å². The molecule has 0 unspecified atom stereocenters. The Bertz CT molecular complexity index is 412. The van der Waals surface area contributed by atoms with Crippen LogP contribution < -0.4 is 0 Å². The minimum Gasteiger partial charge on any atom is -0.469 e. The van der Waals surface area contributed by atoms with Crippen LogP contribution in [0.5, 0.6) is 0 Å². The van der Waals surface area contributed by atoms with E-state index in [1.165, 1.54) is 19.1 Å². The van der Waals surface area contributed by atoms with Crippen molar-refractivity contribution in [1.82, 2.24) is 0 Å². The van der Waals surface area contributed by atoms with Crippen LogP contribution in [0.1, 0.15) is 38.7 Å². The fraction of sp³-hybridized carbons (Fsp3) is 0.562. The molecule has 1 aliphatic carbocycles. The van der Waals surface area contributed by atoms with E-state index in [0.717, 1.165) is 12.8 Å². The Morgan fingerprint density at radius 1 is 1.33 bits per heavy atom. The van der Waals surface area contributed by atoms with Gasteiger partial charge in [-0.1, -0.05) is 50.6 Å². The lowest BCUT2D eigenvalue weighted by Gasteiger charge is -2.43. The second kappa shape index (κ2) is 5.13. The fourth-order valence-electron chi connectivity index (χ4n) is 3.50. The third-order valence-electron chi connectivity index (χ3n) is 4.50. The van der Waals surface area contributed by atoms with E-state index in [1.807, 2.05) is 18.2 Å². The number of hydrogen-bond donors (Lipinski definition) is 0. The third-order valence-corrected chi connectivity index (χ3v) is 4.50. The molecule has 1 aromatic rings. The van der Waals surface area contributed by atoms with Gasteiger partial charge in [-0.05, 0) is 24.3 Å². The first-order valence-electron chi connectivity index (χ1n) is 6.73. The summed E-state index contributed by atoms with van der Waals surface area (Å²) >= 11 is 0. The molecule has 0 N–H and O–H groups in total. The summed E-state index contributed by atoms with van der Waals surface area (Å²) in [6.45, 7) is 4.38. The largest absolute Gasteiger partial charge is 0.469 e. The zero-order valence-electron chi connectivity index (χ0n) is 11.5. The quantitative estimate of drug-likeness (QED) is 0.746. The highest BCUT2D eigenvalue weighted by Crippen LogP contribution is 2.46. The first-order valence-corrected chi connectivity index (χ1v) is 6.73. The van der Waals surface area contributed by atoms with Gasteiger partial charge in [0.15, 0.2) is 0 Å². The average Bonchev–Trinajstić information content (AvgIpc) is 2.39. The number of benzene rings is 1. The van der Waals surface area contributed by atoms with Crippen LogP contribution in [0.3, 0.4) is 0 Å². The number of carbonyl (C=O) groups is 1. The van der Waals surface area contributed by atoms with Crippen LogP contribution in [0.4, 0.5) is 0 Å². The molecule has 0 spiro atoms. The molecule has 1 aliphatic rings. The van der Waals surface area contributed by atoms with Gasteiger partial charge in [0.2, 0.25) is 0 Å². The van der Waals surface area contributed by atoms with Crippen molar-refractivity contribution in [2.75, 3.05) is 7.11 Å². The second-order valence-electron chi connectivity index (χ2n) is 5.65. The van der Waals surface area contributed by atoms with Crippen LogP contribution in [0.15, 0.2) is 30.3 Å². The van der Waals surface area contributed by atoms with Gasteiger partial charge in [0.25, 0.3) is 0 Å². The van der Waals surface area contributed by atoms with E-state index in [0.29, 0.717) is 5.92 Å². The van der Waals surface area contributed by atoms with Crippen LogP contribution in [0.25, 0.3) is 0 Å². The Balaban J connectivity index is 2.41. The molecule has 1 fully saturated rings. The van der Waals surface area contributed by atoms with E-state index in [9.17, 15) is 4.79 Å². The maximum atomic E-state index is 12.1. The topological polar surface area (TPSA) is 26.3 Å². The Morgan fingerprint density at radius 2 is 2.00 bits per heavy atom. The summed E-state index contributed by atoms with van der Waals surface area (Å²) in [7, 11) is 1.50. The van der Waals surface area contributed by atoms with Crippen molar-refractivity contribution in [1.29, 1.82) is 0 Å².